The third-order valence-corrected chi connectivity index (χ3v) is 3.79. The number of fused-ring (bicyclic) bond motifs is 1. The van der Waals surface area contributed by atoms with Crippen LogP contribution in [0.3, 0.4) is 0 Å². The second-order valence-corrected chi connectivity index (χ2v) is 5.09. The molecule has 5 nitrogen and oxygen atoms in total. The number of hydrogen-bond donors (Lipinski definition) is 0. The number of rotatable bonds is 2. The Bertz CT molecular complexity index is 490. The number of esters is 1. The van der Waals surface area contributed by atoms with Crippen LogP contribution in [0.25, 0.3) is 0 Å². The van der Waals surface area contributed by atoms with Gasteiger partial charge in [-0.15, -0.1) is 12.4 Å². The van der Waals surface area contributed by atoms with Gasteiger partial charge < -0.3 is 14.2 Å². The number of carbonyl (C=O) groups excluding carboxylic acids is 1. The van der Waals surface area contributed by atoms with Crippen molar-refractivity contribution in [2.45, 2.75) is 19.1 Å². The molecule has 0 aromatic heterocycles. The standard InChI is InChI=1S/C15H19NO4.ClH/c1-11(17)20-15-12-4-2-3-5-14(12)19-10-13(15)16-6-8-18-9-7-16;/h2-5,13,15H,6-10H2,1H3;1H. The molecule has 0 N–H and O–H groups in total. The van der Waals surface area contributed by atoms with Crippen molar-refractivity contribution in [3.8, 4) is 5.75 Å². The van der Waals surface area contributed by atoms with E-state index in [-0.39, 0.29) is 30.5 Å². The van der Waals surface area contributed by atoms with Crippen molar-refractivity contribution in [1.29, 1.82) is 0 Å². The number of ether oxygens (including phenoxy) is 3. The third-order valence-electron chi connectivity index (χ3n) is 3.79. The molecular formula is C15H20ClNO4. The summed E-state index contributed by atoms with van der Waals surface area (Å²) >= 11 is 0. The van der Waals surface area contributed by atoms with E-state index in [0.29, 0.717) is 19.8 Å². The maximum atomic E-state index is 11.4. The fraction of sp³-hybridized carbons (Fsp3) is 0.533. The number of para-hydroxylation sites is 1. The van der Waals surface area contributed by atoms with Crippen LogP contribution >= 0.6 is 12.4 Å². The van der Waals surface area contributed by atoms with Gasteiger partial charge in [-0.05, 0) is 6.07 Å². The quantitative estimate of drug-likeness (QED) is 0.779. The molecule has 116 valence electrons. The fourth-order valence-electron chi connectivity index (χ4n) is 2.84. The van der Waals surface area contributed by atoms with E-state index in [0.717, 1.165) is 24.4 Å². The van der Waals surface area contributed by atoms with Gasteiger partial charge in [0.2, 0.25) is 0 Å². The van der Waals surface area contributed by atoms with E-state index in [9.17, 15) is 4.79 Å². The second kappa shape index (κ2) is 7.11. The zero-order valence-corrected chi connectivity index (χ0v) is 12.8. The third kappa shape index (κ3) is 3.48. The summed E-state index contributed by atoms with van der Waals surface area (Å²) in [6, 6.07) is 7.81. The van der Waals surface area contributed by atoms with E-state index in [2.05, 4.69) is 4.90 Å². The van der Waals surface area contributed by atoms with Crippen LogP contribution in [-0.4, -0.2) is 49.8 Å². The Morgan fingerprint density at radius 1 is 1.29 bits per heavy atom. The maximum Gasteiger partial charge on any atom is 0.303 e. The number of halogens is 1. The number of hydrogen-bond acceptors (Lipinski definition) is 5. The lowest BCUT2D eigenvalue weighted by Crippen LogP contribution is -2.51. The van der Waals surface area contributed by atoms with Gasteiger partial charge in [0, 0.05) is 25.6 Å². The molecule has 1 saturated heterocycles. The van der Waals surface area contributed by atoms with Crippen LogP contribution in [0.15, 0.2) is 24.3 Å². The molecule has 1 aromatic carbocycles. The molecular weight excluding hydrogens is 294 g/mol. The lowest BCUT2D eigenvalue weighted by molar-refractivity contribution is -0.154. The Labute approximate surface area is 130 Å². The van der Waals surface area contributed by atoms with Gasteiger partial charge in [-0.25, -0.2) is 0 Å². The van der Waals surface area contributed by atoms with Crippen molar-refractivity contribution in [2.24, 2.45) is 0 Å². The molecule has 3 rings (SSSR count). The maximum absolute atomic E-state index is 11.4. The Kier molecular flexibility index (Phi) is 5.45. The Balaban J connectivity index is 0.00000161. The molecule has 2 unspecified atom stereocenters. The molecule has 0 saturated carbocycles. The van der Waals surface area contributed by atoms with Gasteiger partial charge in [0.15, 0.2) is 0 Å². The van der Waals surface area contributed by atoms with E-state index in [1.54, 1.807) is 0 Å². The lowest BCUT2D eigenvalue weighted by Gasteiger charge is -2.41. The SMILES string of the molecule is CC(=O)OC1c2ccccc2OCC1N1CCOCC1.Cl. The van der Waals surface area contributed by atoms with Gasteiger partial charge in [0.25, 0.3) is 0 Å². The molecule has 21 heavy (non-hydrogen) atoms. The molecule has 2 atom stereocenters. The van der Waals surface area contributed by atoms with Gasteiger partial charge >= 0.3 is 5.97 Å². The molecule has 0 aliphatic carbocycles. The van der Waals surface area contributed by atoms with Gasteiger partial charge in [-0.2, -0.15) is 0 Å². The first-order valence-electron chi connectivity index (χ1n) is 6.96. The molecule has 0 radical (unpaired) electrons. The minimum absolute atomic E-state index is 0. The molecule has 2 aliphatic rings. The summed E-state index contributed by atoms with van der Waals surface area (Å²) in [6.45, 7) is 5.10. The van der Waals surface area contributed by atoms with Crippen LogP contribution in [0.5, 0.6) is 5.75 Å². The van der Waals surface area contributed by atoms with Crippen LogP contribution in [0, 0.1) is 0 Å². The van der Waals surface area contributed by atoms with Gasteiger partial charge in [-0.1, -0.05) is 18.2 Å². The van der Waals surface area contributed by atoms with Gasteiger partial charge in [-0.3, -0.25) is 9.69 Å². The Hall–Kier alpha value is -1.30. The smallest absolute Gasteiger partial charge is 0.303 e. The average molecular weight is 314 g/mol. The highest BCUT2D eigenvalue weighted by molar-refractivity contribution is 5.85. The second-order valence-electron chi connectivity index (χ2n) is 5.09. The average Bonchev–Trinajstić information content (AvgIpc) is 2.48. The first-order chi connectivity index (χ1) is 9.75. The lowest BCUT2D eigenvalue weighted by atomic mass is 9.97. The predicted molar refractivity (Wildman–Crippen MR) is 79.9 cm³/mol. The monoisotopic (exact) mass is 313 g/mol. The van der Waals surface area contributed by atoms with Crippen molar-refractivity contribution in [3.63, 3.8) is 0 Å². The highest BCUT2D eigenvalue weighted by Gasteiger charge is 2.37. The summed E-state index contributed by atoms with van der Waals surface area (Å²) in [5.74, 6) is 0.549. The zero-order chi connectivity index (χ0) is 13.9. The van der Waals surface area contributed by atoms with Crippen LogP contribution in [0.4, 0.5) is 0 Å². The molecule has 0 spiro atoms. The first-order valence-corrected chi connectivity index (χ1v) is 6.96. The van der Waals surface area contributed by atoms with Crippen molar-refractivity contribution in [1.82, 2.24) is 4.90 Å². The number of benzene rings is 1. The topological polar surface area (TPSA) is 48.0 Å². The van der Waals surface area contributed by atoms with E-state index in [4.69, 9.17) is 14.2 Å². The summed E-state index contributed by atoms with van der Waals surface area (Å²) in [5.41, 5.74) is 0.949. The molecule has 1 aromatic rings. The first kappa shape index (κ1) is 16.1. The van der Waals surface area contributed by atoms with Crippen molar-refractivity contribution in [3.05, 3.63) is 29.8 Å². The van der Waals surface area contributed by atoms with Crippen molar-refractivity contribution >= 4 is 18.4 Å². The predicted octanol–water partition coefficient (Wildman–Crippen LogP) is 1.81. The largest absolute Gasteiger partial charge is 0.491 e. The molecule has 6 heteroatoms. The molecule has 2 aliphatic heterocycles. The summed E-state index contributed by atoms with van der Waals surface area (Å²) < 4.78 is 16.8. The van der Waals surface area contributed by atoms with Crippen LogP contribution in [0.1, 0.15) is 18.6 Å². The van der Waals surface area contributed by atoms with Gasteiger partial charge in [0.05, 0.1) is 19.3 Å². The normalized spacial score (nSPS) is 25.2. The minimum Gasteiger partial charge on any atom is -0.491 e. The zero-order valence-electron chi connectivity index (χ0n) is 12.0. The highest BCUT2D eigenvalue weighted by Crippen LogP contribution is 2.36. The number of nitrogens with zero attached hydrogens (tertiary/aromatic N) is 1. The van der Waals surface area contributed by atoms with E-state index in [1.807, 2.05) is 24.3 Å². The number of carbonyl (C=O) groups is 1. The van der Waals surface area contributed by atoms with E-state index in [1.165, 1.54) is 6.92 Å². The van der Waals surface area contributed by atoms with Crippen LogP contribution in [0.2, 0.25) is 0 Å². The van der Waals surface area contributed by atoms with Crippen molar-refractivity contribution < 1.29 is 19.0 Å². The number of morpholine rings is 1. The summed E-state index contributed by atoms with van der Waals surface area (Å²) in [5, 5.41) is 0. The van der Waals surface area contributed by atoms with Crippen LogP contribution < -0.4 is 4.74 Å². The van der Waals surface area contributed by atoms with E-state index >= 15 is 0 Å². The summed E-state index contributed by atoms with van der Waals surface area (Å²) in [6.07, 6.45) is -0.268. The Morgan fingerprint density at radius 2 is 2.00 bits per heavy atom. The van der Waals surface area contributed by atoms with Crippen molar-refractivity contribution in [2.75, 3.05) is 32.9 Å². The highest BCUT2D eigenvalue weighted by atomic mass is 35.5. The van der Waals surface area contributed by atoms with E-state index < -0.39 is 0 Å². The molecule has 1 fully saturated rings. The Morgan fingerprint density at radius 3 is 2.71 bits per heavy atom. The molecule has 0 bridgehead atoms. The summed E-state index contributed by atoms with van der Waals surface area (Å²) in [4.78, 5) is 13.7. The van der Waals surface area contributed by atoms with Gasteiger partial charge in [0.1, 0.15) is 18.5 Å². The fourth-order valence-corrected chi connectivity index (χ4v) is 2.84. The molecule has 2 heterocycles. The van der Waals surface area contributed by atoms with Crippen LogP contribution in [-0.2, 0) is 14.3 Å². The molecule has 0 amide bonds. The minimum atomic E-state index is -0.268. The summed E-state index contributed by atoms with van der Waals surface area (Å²) in [7, 11) is 0.